The average molecular weight is 553 g/mol. The van der Waals surface area contributed by atoms with Crippen LogP contribution in [0.5, 0.6) is 0 Å². The molecule has 7 nitrogen and oxygen atoms in total. The van der Waals surface area contributed by atoms with E-state index in [4.69, 9.17) is 10.5 Å². The summed E-state index contributed by atoms with van der Waals surface area (Å²) in [5.74, 6) is 6.34. The maximum atomic E-state index is 14.3. The lowest BCUT2D eigenvalue weighted by molar-refractivity contribution is 0.0602. The molecule has 2 aromatic carbocycles. The summed E-state index contributed by atoms with van der Waals surface area (Å²) in [5, 5.41) is 11.4. The lowest BCUT2D eigenvalue weighted by atomic mass is 9.64. The van der Waals surface area contributed by atoms with Crippen LogP contribution in [0, 0.1) is 11.8 Å². The van der Waals surface area contributed by atoms with Crippen LogP contribution < -0.4 is 10.6 Å². The second kappa shape index (κ2) is 9.90. The molecule has 3 aliphatic heterocycles. The van der Waals surface area contributed by atoms with Crippen molar-refractivity contribution >= 4 is 28.1 Å². The van der Waals surface area contributed by atoms with Gasteiger partial charge in [-0.1, -0.05) is 17.9 Å². The standard InChI is InChI=1S/C34H40N4O3/c1-33(2,40)10-7-22-19-26-27(21-29(22)38-15-8-24(9-16-38)37-13-3-4-14-37)34(11-17-41-18-12-34)32-30(31(26)39)25-6-5-23(35)20-28(25)36-32/h5-6,19-21,24,36,40H,3-4,8-9,11-18,35H2,1-2H3. The van der Waals surface area contributed by atoms with Crippen LogP contribution in [0.25, 0.3) is 10.9 Å². The first-order valence-corrected chi connectivity index (χ1v) is 15.2. The lowest BCUT2D eigenvalue weighted by Crippen LogP contribution is -2.44. The van der Waals surface area contributed by atoms with Gasteiger partial charge in [0.2, 0.25) is 0 Å². The predicted molar refractivity (Wildman–Crippen MR) is 163 cm³/mol. The summed E-state index contributed by atoms with van der Waals surface area (Å²) in [5.41, 5.74) is 11.6. The maximum absolute atomic E-state index is 14.3. The van der Waals surface area contributed by atoms with Crippen LogP contribution in [0.4, 0.5) is 11.4 Å². The van der Waals surface area contributed by atoms with Gasteiger partial charge < -0.3 is 30.4 Å². The summed E-state index contributed by atoms with van der Waals surface area (Å²) in [7, 11) is 0. The number of nitrogens with zero attached hydrogens (tertiary/aromatic N) is 2. The lowest BCUT2D eigenvalue weighted by Gasteiger charge is -2.43. The smallest absolute Gasteiger partial charge is 0.195 e. The van der Waals surface area contributed by atoms with Crippen molar-refractivity contribution in [3.05, 3.63) is 58.3 Å². The number of aromatic amines is 1. The van der Waals surface area contributed by atoms with Crippen molar-refractivity contribution in [2.24, 2.45) is 0 Å². The number of aliphatic hydroxyl groups is 1. The van der Waals surface area contributed by atoms with Crippen molar-refractivity contribution in [2.75, 3.05) is 50.0 Å². The molecule has 4 heterocycles. The number of likely N-dealkylation sites (tertiary alicyclic amines) is 1. The molecular formula is C34H40N4O3. The summed E-state index contributed by atoms with van der Waals surface area (Å²) < 4.78 is 5.87. The van der Waals surface area contributed by atoms with Gasteiger partial charge in [-0.05, 0) is 95.3 Å². The van der Waals surface area contributed by atoms with Crippen LogP contribution >= 0.6 is 0 Å². The molecule has 0 saturated carbocycles. The number of carbonyl (C=O) groups excluding carboxylic acids is 1. The summed E-state index contributed by atoms with van der Waals surface area (Å²) in [6.45, 7) is 9.03. The Hall–Kier alpha value is -3.31. The number of piperidine rings is 1. The van der Waals surface area contributed by atoms with Crippen molar-refractivity contribution in [3.8, 4) is 11.8 Å². The van der Waals surface area contributed by atoms with Gasteiger partial charge in [-0.3, -0.25) is 4.79 Å². The van der Waals surface area contributed by atoms with Gasteiger partial charge in [0.15, 0.2) is 5.78 Å². The zero-order valence-corrected chi connectivity index (χ0v) is 24.2. The molecule has 4 N–H and O–H groups in total. The molecule has 214 valence electrons. The highest BCUT2D eigenvalue weighted by molar-refractivity contribution is 6.20. The van der Waals surface area contributed by atoms with E-state index in [1.54, 1.807) is 13.8 Å². The minimum atomic E-state index is -1.13. The topological polar surface area (TPSA) is 94.8 Å². The average Bonchev–Trinajstić information content (AvgIpc) is 3.64. The van der Waals surface area contributed by atoms with Crippen molar-refractivity contribution in [2.45, 2.75) is 69.4 Å². The van der Waals surface area contributed by atoms with Gasteiger partial charge in [0.1, 0.15) is 5.60 Å². The molecular weight excluding hydrogens is 512 g/mol. The fraction of sp³-hybridized carbons (Fsp3) is 0.500. The molecule has 0 amide bonds. The quantitative estimate of drug-likeness (QED) is 0.318. The van der Waals surface area contributed by atoms with Crippen molar-refractivity contribution in [1.82, 2.24) is 9.88 Å². The Labute approximate surface area is 242 Å². The Morgan fingerprint density at radius 3 is 2.51 bits per heavy atom. The second-order valence-electron chi connectivity index (χ2n) is 12.9. The molecule has 1 spiro atoms. The number of ether oxygens (including phenoxy) is 1. The number of aromatic nitrogens is 1. The van der Waals surface area contributed by atoms with E-state index < -0.39 is 5.60 Å². The number of nitrogen functional groups attached to an aromatic ring is 1. The summed E-state index contributed by atoms with van der Waals surface area (Å²) >= 11 is 0. The molecule has 0 radical (unpaired) electrons. The molecule has 4 aliphatic rings. The third-order valence-corrected chi connectivity index (χ3v) is 9.74. The SMILES string of the molecule is CC(C)(O)C#Cc1cc2c(cc1N1CCC(N3CCCC3)CC1)C1(CCOCC1)c1[nH]c3cc(N)ccc3c1C2=O. The molecule has 3 saturated heterocycles. The fourth-order valence-electron chi connectivity index (χ4n) is 7.65. The number of ketones is 1. The van der Waals surface area contributed by atoms with Gasteiger partial charge in [-0.2, -0.15) is 0 Å². The highest BCUT2D eigenvalue weighted by atomic mass is 16.5. The minimum absolute atomic E-state index is 0.0220. The van der Waals surface area contributed by atoms with Crippen LogP contribution in [-0.2, 0) is 10.2 Å². The number of H-pyrrole nitrogens is 1. The predicted octanol–water partition coefficient (Wildman–Crippen LogP) is 4.58. The number of benzene rings is 2. The first-order valence-electron chi connectivity index (χ1n) is 15.2. The first-order chi connectivity index (χ1) is 19.7. The largest absolute Gasteiger partial charge is 0.399 e. The molecule has 3 aromatic rings. The van der Waals surface area contributed by atoms with Crippen LogP contribution in [0.2, 0.25) is 0 Å². The highest BCUT2D eigenvalue weighted by Gasteiger charge is 2.47. The van der Waals surface area contributed by atoms with Crippen molar-refractivity contribution < 1.29 is 14.6 Å². The normalized spacial score (nSPS) is 21.1. The fourth-order valence-corrected chi connectivity index (χ4v) is 7.65. The molecule has 1 aliphatic carbocycles. The monoisotopic (exact) mass is 552 g/mol. The number of hydrogen-bond acceptors (Lipinski definition) is 6. The highest BCUT2D eigenvalue weighted by Crippen LogP contribution is 2.51. The Morgan fingerprint density at radius 2 is 1.80 bits per heavy atom. The van der Waals surface area contributed by atoms with E-state index in [0.717, 1.165) is 77.7 Å². The van der Waals surface area contributed by atoms with Crippen LogP contribution in [-0.4, -0.2) is 71.8 Å². The molecule has 7 rings (SSSR count). The van der Waals surface area contributed by atoms with Gasteiger partial charge in [-0.25, -0.2) is 0 Å². The number of nitrogens with two attached hydrogens (primary N) is 1. The summed E-state index contributed by atoms with van der Waals surface area (Å²) in [6.07, 6.45) is 6.47. The Kier molecular flexibility index (Phi) is 6.42. The molecule has 7 heteroatoms. The number of anilines is 2. The van der Waals surface area contributed by atoms with Gasteiger partial charge in [0.05, 0.1) is 11.3 Å². The van der Waals surface area contributed by atoms with Crippen molar-refractivity contribution in [1.29, 1.82) is 0 Å². The molecule has 41 heavy (non-hydrogen) atoms. The van der Waals surface area contributed by atoms with E-state index in [1.807, 2.05) is 24.3 Å². The number of nitrogens with one attached hydrogen (secondary N) is 1. The van der Waals surface area contributed by atoms with Crippen molar-refractivity contribution in [3.63, 3.8) is 0 Å². The van der Waals surface area contributed by atoms with E-state index in [0.29, 0.717) is 30.5 Å². The first kappa shape index (κ1) is 26.6. The summed E-state index contributed by atoms with van der Waals surface area (Å²) in [6, 6.07) is 10.7. The van der Waals surface area contributed by atoms with E-state index in [2.05, 4.69) is 32.7 Å². The van der Waals surface area contributed by atoms with Gasteiger partial charge in [-0.15, -0.1) is 0 Å². The molecule has 1 aromatic heterocycles. The van der Waals surface area contributed by atoms with E-state index >= 15 is 0 Å². The van der Waals surface area contributed by atoms with Crippen LogP contribution in [0.15, 0.2) is 30.3 Å². The molecule has 0 atom stereocenters. The minimum Gasteiger partial charge on any atom is -0.399 e. The van der Waals surface area contributed by atoms with E-state index in [-0.39, 0.29) is 11.2 Å². The number of fused-ring (bicyclic) bond motifs is 6. The van der Waals surface area contributed by atoms with Crippen LogP contribution in [0.1, 0.15) is 85.1 Å². The molecule has 3 fully saturated rings. The van der Waals surface area contributed by atoms with E-state index in [1.165, 1.54) is 25.9 Å². The summed E-state index contributed by atoms with van der Waals surface area (Å²) in [4.78, 5) is 23.1. The molecule has 0 unspecified atom stereocenters. The number of rotatable bonds is 2. The zero-order chi connectivity index (χ0) is 28.4. The third-order valence-electron chi connectivity index (χ3n) is 9.74. The third kappa shape index (κ3) is 4.53. The Morgan fingerprint density at radius 1 is 1.07 bits per heavy atom. The Balaban J connectivity index is 1.38. The number of carbonyl (C=O) groups is 1. The van der Waals surface area contributed by atoms with Crippen LogP contribution in [0.3, 0.4) is 0 Å². The van der Waals surface area contributed by atoms with Gasteiger partial charge in [0, 0.05) is 71.2 Å². The number of hydrogen-bond donors (Lipinski definition) is 3. The second-order valence-corrected chi connectivity index (χ2v) is 12.9. The van der Waals surface area contributed by atoms with Gasteiger partial charge >= 0.3 is 0 Å². The van der Waals surface area contributed by atoms with E-state index in [9.17, 15) is 9.90 Å². The van der Waals surface area contributed by atoms with Gasteiger partial charge in [0.25, 0.3) is 0 Å². The maximum Gasteiger partial charge on any atom is 0.195 e. The Bertz CT molecular complexity index is 1570. The molecule has 0 bridgehead atoms. The zero-order valence-electron chi connectivity index (χ0n) is 24.2.